The van der Waals surface area contributed by atoms with Crippen molar-refractivity contribution in [2.24, 2.45) is 7.05 Å². The molecule has 0 saturated heterocycles. The first-order chi connectivity index (χ1) is 2.89. The highest BCUT2D eigenvalue weighted by molar-refractivity contribution is 4.54. The molecule has 0 atom stereocenters. The second-order valence-electron chi connectivity index (χ2n) is 1.28. The van der Waals surface area contributed by atoms with E-state index in [9.17, 15) is 0 Å². The Morgan fingerprint density at radius 2 is 2.29 bits per heavy atom. The SMILES string of the molecule is C[n+]1cc[nH]c1.[F-]. The minimum Gasteiger partial charge on any atom is -1.00 e. The number of hydrogen-bond acceptors (Lipinski definition) is 0. The quantitative estimate of drug-likeness (QED) is 0.334. The topological polar surface area (TPSA) is 19.7 Å². The molecular weight excluding hydrogens is 95.1 g/mol. The van der Waals surface area contributed by atoms with Crippen molar-refractivity contribution >= 4 is 0 Å². The number of aromatic amines is 1. The van der Waals surface area contributed by atoms with E-state index in [0.717, 1.165) is 0 Å². The summed E-state index contributed by atoms with van der Waals surface area (Å²) in [6.07, 6.45) is 5.69. The van der Waals surface area contributed by atoms with E-state index in [2.05, 4.69) is 4.98 Å². The van der Waals surface area contributed by atoms with Crippen LogP contribution in [-0.2, 0) is 7.05 Å². The lowest BCUT2D eigenvalue weighted by Crippen LogP contribution is -3.00. The summed E-state index contributed by atoms with van der Waals surface area (Å²) in [7, 11) is 1.97. The molecule has 1 rings (SSSR count). The van der Waals surface area contributed by atoms with Crippen molar-refractivity contribution in [1.29, 1.82) is 0 Å². The molecule has 40 valence electrons. The van der Waals surface area contributed by atoms with Crippen molar-refractivity contribution in [3.8, 4) is 0 Å². The summed E-state index contributed by atoms with van der Waals surface area (Å²) in [6, 6.07) is 0. The maximum Gasteiger partial charge on any atom is 0.241 e. The molecule has 0 radical (unpaired) electrons. The third kappa shape index (κ3) is 1.34. The molecule has 0 aliphatic carbocycles. The smallest absolute Gasteiger partial charge is 0.241 e. The minimum atomic E-state index is 0. The van der Waals surface area contributed by atoms with Gasteiger partial charge in [0.2, 0.25) is 6.33 Å². The Morgan fingerprint density at radius 1 is 1.57 bits per heavy atom. The van der Waals surface area contributed by atoms with Gasteiger partial charge in [-0.25, -0.2) is 4.57 Å². The Balaban J connectivity index is 0.000000360. The van der Waals surface area contributed by atoms with Crippen LogP contribution in [0.4, 0.5) is 0 Å². The molecule has 7 heavy (non-hydrogen) atoms. The van der Waals surface area contributed by atoms with Crippen LogP contribution in [-0.4, -0.2) is 4.98 Å². The molecule has 0 unspecified atom stereocenters. The average molecular weight is 102 g/mol. The number of rotatable bonds is 0. The van der Waals surface area contributed by atoms with E-state index in [-0.39, 0.29) is 4.70 Å². The summed E-state index contributed by atoms with van der Waals surface area (Å²) >= 11 is 0. The highest BCUT2D eigenvalue weighted by atomic mass is 19.0. The second-order valence-corrected chi connectivity index (χ2v) is 1.28. The van der Waals surface area contributed by atoms with Crippen LogP contribution < -0.4 is 9.27 Å². The van der Waals surface area contributed by atoms with Gasteiger partial charge < -0.3 is 4.70 Å². The second kappa shape index (κ2) is 2.34. The van der Waals surface area contributed by atoms with E-state index < -0.39 is 0 Å². The zero-order valence-corrected chi connectivity index (χ0v) is 4.06. The van der Waals surface area contributed by atoms with Gasteiger partial charge in [0.25, 0.3) is 0 Å². The number of hydrogen-bond donors (Lipinski definition) is 1. The summed E-state index contributed by atoms with van der Waals surface area (Å²) in [5.74, 6) is 0. The first kappa shape index (κ1) is 6.14. The van der Waals surface area contributed by atoms with Crippen molar-refractivity contribution in [1.82, 2.24) is 4.98 Å². The normalized spacial score (nSPS) is 7.57. The summed E-state index contributed by atoms with van der Waals surface area (Å²) < 4.78 is 1.94. The Bertz CT molecular complexity index is 113. The van der Waals surface area contributed by atoms with Crippen LogP contribution in [0.5, 0.6) is 0 Å². The average Bonchev–Trinajstić information content (AvgIpc) is 1.86. The predicted octanol–water partition coefficient (Wildman–Crippen LogP) is -3.16. The van der Waals surface area contributed by atoms with Gasteiger partial charge in [-0.1, -0.05) is 0 Å². The van der Waals surface area contributed by atoms with Gasteiger partial charge in [0.1, 0.15) is 12.4 Å². The van der Waals surface area contributed by atoms with E-state index in [4.69, 9.17) is 0 Å². The molecule has 1 aromatic rings. The van der Waals surface area contributed by atoms with Crippen molar-refractivity contribution in [3.63, 3.8) is 0 Å². The number of nitrogens with one attached hydrogen (secondary N) is 1. The van der Waals surface area contributed by atoms with Gasteiger partial charge in [0.05, 0.1) is 7.05 Å². The molecule has 2 nitrogen and oxygen atoms in total. The number of imidazole rings is 1. The molecule has 0 saturated carbocycles. The Labute approximate surface area is 41.2 Å². The summed E-state index contributed by atoms with van der Waals surface area (Å²) in [6.45, 7) is 0. The van der Waals surface area contributed by atoms with Crippen LogP contribution in [0.25, 0.3) is 0 Å². The van der Waals surface area contributed by atoms with Crippen LogP contribution in [0, 0.1) is 0 Å². The number of nitrogens with zero attached hydrogens (tertiary/aromatic N) is 1. The minimum absolute atomic E-state index is 0. The Morgan fingerprint density at radius 3 is 2.43 bits per heavy atom. The molecule has 0 spiro atoms. The van der Waals surface area contributed by atoms with E-state index >= 15 is 0 Å². The summed E-state index contributed by atoms with van der Waals surface area (Å²) in [5, 5.41) is 0. The zero-order chi connectivity index (χ0) is 4.41. The van der Waals surface area contributed by atoms with Crippen molar-refractivity contribution < 1.29 is 9.27 Å². The molecule has 3 heteroatoms. The third-order valence-electron chi connectivity index (χ3n) is 0.684. The van der Waals surface area contributed by atoms with Gasteiger partial charge in [0.15, 0.2) is 0 Å². The number of halogens is 1. The first-order valence-corrected chi connectivity index (χ1v) is 1.87. The van der Waals surface area contributed by atoms with Gasteiger partial charge in [0, 0.05) is 0 Å². The van der Waals surface area contributed by atoms with E-state index in [1.165, 1.54) is 0 Å². The van der Waals surface area contributed by atoms with E-state index in [1.807, 2.05) is 30.3 Å². The Kier molecular flexibility index (Phi) is 2.05. The van der Waals surface area contributed by atoms with Crippen molar-refractivity contribution in [3.05, 3.63) is 18.7 Å². The van der Waals surface area contributed by atoms with Gasteiger partial charge >= 0.3 is 0 Å². The summed E-state index contributed by atoms with van der Waals surface area (Å²) in [5.41, 5.74) is 0. The monoisotopic (exact) mass is 102 g/mol. The molecule has 0 aliphatic heterocycles. The Hall–Kier alpha value is -0.860. The number of H-pyrrole nitrogens is 1. The fourth-order valence-corrected chi connectivity index (χ4v) is 0.364. The van der Waals surface area contributed by atoms with Crippen molar-refractivity contribution in [2.75, 3.05) is 0 Å². The molecule has 0 fully saturated rings. The molecule has 1 heterocycles. The molecule has 1 N–H and O–H groups in total. The predicted molar refractivity (Wildman–Crippen MR) is 22.0 cm³/mol. The van der Waals surface area contributed by atoms with Crippen LogP contribution >= 0.6 is 0 Å². The third-order valence-corrected chi connectivity index (χ3v) is 0.684. The molecule has 0 aliphatic rings. The molecular formula is C4H7FN2. The van der Waals surface area contributed by atoms with E-state index in [0.29, 0.717) is 0 Å². The molecule has 0 amide bonds. The van der Waals surface area contributed by atoms with Crippen LogP contribution in [0.15, 0.2) is 18.7 Å². The molecule has 1 aromatic heterocycles. The largest absolute Gasteiger partial charge is 1.00 e. The van der Waals surface area contributed by atoms with Gasteiger partial charge in [-0.2, -0.15) is 0 Å². The van der Waals surface area contributed by atoms with Gasteiger partial charge in [-0.05, 0) is 0 Å². The fraction of sp³-hybridized carbons (Fsp3) is 0.250. The number of aryl methyl sites for hydroxylation is 1. The van der Waals surface area contributed by atoms with Crippen molar-refractivity contribution in [2.45, 2.75) is 0 Å². The zero-order valence-electron chi connectivity index (χ0n) is 4.06. The van der Waals surface area contributed by atoms with Crippen LogP contribution in [0.1, 0.15) is 0 Å². The van der Waals surface area contributed by atoms with Gasteiger partial charge in [-0.3, -0.25) is 4.98 Å². The highest BCUT2D eigenvalue weighted by Crippen LogP contribution is 1.59. The van der Waals surface area contributed by atoms with Gasteiger partial charge in [-0.15, -0.1) is 0 Å². The van der Waals surface area contributed by atoms with Crippen LogP contribution in [0.2, 0.25) is 0 Å². The first-order valence-electron chi connectivity index (χ1n) is 1.87. The lowest BCUT2D eigenvalue weighted by Gasteiger charge is -1.66. The van der Waals surface area contributed by atoms with Crippen LogP contribution in [0.3, 0.4) is 0 Å². The maximum absolute atomic E-state index is 2.89. The lowest BCUT2D eigenvalue weighted by atomic mass is 10.9. The van der Waals surface area contributed by atoms with E-state index in [1.54, 1.807) is 0 Å². The maximum atomic E-state index is 2.89. The molecule has 0 bridgehead atoms. The lowest BCUT2D eigenvalue weighted by molar-refractivity contribution is -0.670. The highest BCUT2D eigenvalue weighted by Gasteiger charge is 1.78. The standard InChI is InChI=1S/C4H6N2.FH/c1-6-3-2-5-4-6;/h2-4H,1H3;1H. The fourth-order valence-electron chi connectivity index (χ4n) is 0.364. The molecule has 0 aromatic carbocycles. The number of aromatic nitrogens is 2. The summed E-state index contributed by atoms with van der Waals surface area (Å²) in [4.78, 5) is 2.89.